The summed E-state index contributed by atoms with van der Waals surface area (Å²) in [5.41, 5.74) is 0.576. The Morgan fingerprint density at radius 2 is 1.83 bits per heavy atom. The lowest BCUT2D eigenvalue weighted by atomic mass is 10.2. The van der Waals surface area contributed by atoms with Crippen LogP contribution >= 0.6 is 15.9 Å². The maximum Gasteiger partial charge on any atom is 0.263 e. The maximum atomic E-state index is 12.7. The van der Waals surface area contributed by atoms with Gasteiger partial charge in [-0.3, -0.25) is 14.5 Å². The predicted molar refractivity (Wildman–Crippen MR) is 118 cm³/mol. The highest BCUT2D eigenvalue weighted by atomic mass is 79.9. The molecule has 0 spiro atoms. The molecule has 0 bridgehead atoms. The van der Waals surface area contributed by atoms with Crippen LogP contribution in [0.4, 0.5) is 0 Å². The molecule has 0 saturated carbocycles. The van der Waals surface area contributed by atoms with Crippen LogP contribution in [0.3, 0.4) is 0 Å². The monoisotopic (exact) mass is 470 g/mol. The van der Waals surface area contributed by atoms with Crippen molar-refractivity contribution in [3.63, 3.8) is 0 Å². The molecule has 1 aliphatic heterocycles. The number of nitrogens with zero attached hydrogens (tertiary/aromatic N) is 3. The third-order valence-electron chi connectivity index (χ3n) is 5.19. The number of aromatic amines is 1. The number of amides is 1. The Hall–Kier alpha value is -2.71. The van der Waals surface area contributed by atoms with Crippen molar-refractivity contribution >= 4 is 32.7 Å². The molecule has 2 aromatic carbocycles. The molecular weight excluding hydrogens is 448 g/mol. The molecule has 156 valence electrons. The number of rotatable bonds is 5. The minimum absolute atomic E-state index is 0.0187. The molecule has 1 aromatic heterocycles. The van der Waals surface area contributed by atoms with Crippen molar-refractivity contribution in [3.8, 4) is 5.75 Å². The SMILES string of the molecule is CC(Oc1ccc(Br)cc1)C(=O)N1CCN(Cc2nc3ccccc3c(=O)[nH]2)CC1. The number of benzene rings is 2. The van der Waals surface area contributed by atoms with Crippen molar-refractivity contribution in [2.75, 3.05) is 26.2 Å². The Morgan fingerprint density at radius 1 is 1.13 bits per heavy atom. The lowest BCUT2D eigenvalue weighted by molar-refractivity contribution is -0.139. The van der Waals surface area contributed by atoms with Crippen LogP contribution in [0.2, 0.25) is 0 Å². The molecule has 30 heavy (non-hydrogen) atoms. The second-order valence-electron chi connectivity index (χ2n) is 7.35. The topological polar surface area (TPSA) is 78.5 Å². The van der Waals surface area contributed by atoms with Crippen molar-refractivity contribution in [1.29, 1.82) is 0 Å². The summed E-state index contributed by atoms with van der Waals surface area (Å²) >= 11 is 3.39. The number of para-hydroxylation sites is 1. The first-order valence-corrected chi connectivity index (χ1v) is 10.7. The third kappa shape index (κ3) is 4.71. The molecule has 1 fully saturated rings. The zero-order chi connectivity index (χ0) is 21.1. The Bertz CT molecular complexity index is 1090. The zero-order valence-electron chi connectivity index (χ0n) is 16.7. The lowest BCUT2D eigenvalue weighted by Gasteiger charge is -2.35. The maximum absolute atomic E-state index is 12.7. The number of piperazine rings is 1. The van der Waals surface area contributed by atoms with Gasteiger partial charge in [0, 0.05) is 30.7 Å². The van der Waals surface area contributed by atoms with E-state index in [0.29, 0.717) is 55.2 Å². The quantitative estimate of drug-likeness (QED) is 0.620. The smallest absolute Gasteiger partial charge is 0.263 e. The van der Waals surface area contributed by atoms with E-state index in [0.717, 1.165) is 4.47 Å². The summed E-state index contributed by atoms with van der Waals surface area (Å²) in [4.78, 5) is 36.4. The van der Waals surface area contributed by atoms with Crippen LogP contribution in [0.5, 0.6) is 5.75 Å². The van der Waals surface area contributed by atoms with Crippen molar-refractivity contribution in [2.24, 2.45) is 0 Å². The first-order valence-electron chi connectivity index (χ1n) is 9.91. The number of aromatic nitrogens is 2. The molecular formula is C22H23BrN4O3. The minimum Gasteiger partial charge on any atom is -0.481 e. The highest BCUT2D eigenvalue weighted by Gasteiger charge is 2.26. The van der Waals surface area contributed by atoms with Crippen molar-refractivity contribution in [2.45, 2.75) is 19.6 Å². The van der Waals surface area contributed by atoms with Crippen LogP contribution in [0.15, 0.2) is 57.8 Å². The third-order valence-corrected chi connectivity index (χ3v) is 5.72. The molecule has 1 N–H and O–H groups in total. The van der Waals surface area contributed by atoms with Gasteiger partial charge in [0.1, 0.15) is 11.6 Å². The molecule has 1 aliphatic rings. The number of ether oxygens (including phenoxy) is 1. The van der Waals surface area contributed by atoms with Gasteiger partial charge in [-0.25, -0.2) is 4.98 Å². The standard InChI is InChI=1S/C22H23BrN4O3/c1-15(30-17-8-6-16(23)7-9-17)22(29)27-12-10-26(11-13-27)14-20-24-19-5-3-2-4-18(19)21(28)25-20/h2-9,15H,10-14H2,1H3,(H,24,25,28). The molecule has 2 heterocycles. The van der Waals surface area contributed by atoms with Crippen molar-refractivity contribution < 1.29 is 9.53 Å². The largest absolute Gasteiger partial charge is 0.481 e. The van der Waals surface area contributed by atoms with E-state index in [2.05, 4.69) is 30.8 Å². The van der Waals surface area contributed by atoms with E-state index in [4.69, 9.17) is 4.74 Å². The molecule has 1 amide bonds. The summed E-state index contributed by atoms with van der Waals surface area (Å²) in [5.74, 6) is 1.30. The molecule has 7 nitrogen and oxygen atoms in total. The van der Waals surface area contributed by atoms with Crippen LogP contribution in [-0.2, 0) is 11.3 Å². The van der Waals surface area contributed by atoms with E-state index >= 15 is 0 Å². The van der Waals surface area contributed by atoms with Crippen molar-refractivity contribution in [3.05, 3.63) is 69.2 Å². The summed E-state index contributed by atoms with van der Waals surface area (Å²) in [6.45, 7) is 4.99. The van der Waals surface area contributed by atoms with Crippen LogP contribution in [0, 0.1) is 0 Å². The van der Waals surface area contributed by atoms with Gasteiger partial charge in [0.15, 0.2) is 6.10 Å². The minimum atomic E-state index is -0.545. The highest BCUT2D eigenvalue weighted by molar-refractivity contribution is 9.10. The van der Waals surface area contributed by atoms with Crippen LogP contribution in [0.25, 0.3) is 10.9 Å². The number of fused-ring (bicyclic) bond motifs is 1. The lowest BCUT2D eigenvalue weighted by Crippen LogP contribution is -2.51. The summed E-state index contributed by atoms with van der Waals surface area (Å²) in [6, 6.07) is 14.8. The van der Waals surface area contributed by atoms with E-state index in [-0.39, 0.29) is 11.5 Å². The second-order valence-corrected chi connectivity index (χ2v) is 8.26. The Labute approximate surface area is 182 Å². The number of hydrogen-bond donors (Lipinski definition) is 1. The Morgan fingerprint density at radius 3 is 2.57 bits per heavy atom. The Balaban J connectivity index is 1.32. The molecule has 4 rings (SSSR count). The van der Waals surface area contributed by atoms with Gasteiger partial charge in [0.05, 0.1) is 17.4 Å². The number of H-pyrrole nitrogens is 1. The number of nitrogens with one attached hydrogen (secondary N) is 1. The summed E-state index contributed by atoms with van der Waals surface area (Å²) in [5, 5.41) is 0.594. The number of hydrogen-bond acceptors (Lipinski definition) is 5. The molecule has 3 aromatic rings. The van der Waals surface area contributed by atoms with E-state index in [1.54, 1.807) is 13.0 Å². The fourth-order valence-corrected chi connectivity index (χ4v) is 3.84. The van der Waals surface area contributed by atoms with Gasteiger partial charge in [-0.05, 0) is 43.3 Å². The molecule has 1 saturated heterocycles. The average molecular weight is 471 g/mol. The highest BCUT2D eigenvalue weighted by Crippen LogP contribution is 2.18. The summed E-state index contributed by atoms with van der Waals surface area (Å²) in [6.07, 6.45) is -0.545. The van der Waals surface area contributed by atoms with Gasteiger partial charge in [0.2, 0.25) is 0 Å². The average Bonchev–Trinajstić information content (AvgIpc) is 2.75. The van der Waals surface area contributed by atoms with Crippen LogP contribution < -0.4 is 10.3 Å². The van der Waals surface area contributed by atoms with E-state index in [1.807, 2.05) is 47.4 Å². The zero-order valence-corrected chi connectivity index (χ0v) is 18.3. The fourth-order valence-electron chi connectivity index (χ4n) is 3.57. The second kappa shape index (κ2) is 8.97. The fraction of sp³-hybridized carbons (Fsp3) is 0.318. The van der Waals surface area contributed by atoms with Gasteiger partial charge in [-0.1, -0.05) is 28.1 Å². The summed E-state index contributed by atoms with van der Waals surface area (Å²) in [7, 11) is 0. The number of carbonyl (C=O) groups is 1. The van der Waals surface area contributed by atoms with Crippen LogP contribution in [-0.4, -0.2) is 58.0 Å². The van der Waals surface area contributed by atoms with Crippen molar-refractivity contribution in [1.82, 2.24) is 19.8 Å². The number of carbonyl (C=O) groups excluding carboxylic acids is 1. The van der Waals surface area contributed by atoms with E-state index in [9.17, 15) is 9.59 Å². The van der Waals surface area contributed by atoms with Crippen LogP contribution in [0.1, 0.15) is 12.7 Å². The first kappa shape index (κ1) is 20.6. The molecule has 0 radical (unpaired) electrons. The van der Waals surface area contributed by atoms with Gasteiger partial charge >= 0.3 is 0 Å². The first-order chi connectivity index (χ1) is 14.5. The predicted octanol–water partition coefficient (Wildman–Crippen LogP) is 2.80. The Kier molecular flexibility index (Phi) is 6.15. The molecule has 1 atom stereocenters. The van der Waals surface area contributed by atoms with E-state index in [1.165, 1.54) is 0 Å². The van der Waals surface area contributed by atoms with Gasteiger partial charge in [0.25, 0.3) is 11.5 Å². The normalized spacial score (nSPS) is 15.9. The molecule has 1 unspecified atom stereocenters. The summed E-state index contributed by atoms with van der Waals surface area (Å²) < 4.78 is 6.75. The van der Waals surface area contributed by atoms with Gasteiger partial charge in [-0.2, -0.15) is 0 Å². The molecule has 0 aliphatic carbocycles. The van der Waals surface area contributed by atoms with Gasteiger partial charge in [-0.15, -0.1) is 0 Å². The van der Waals surface area contributed by atoms with Gasteiger partial charge < -0.3 is 14.6 Å². The molecule has 8 heteroatoms. The number of halogens is 1. The van der Waals surface area contributed by atoms with E-state index < -0.39 is 6.10 Å².